The van der Waals surface area contributed by atoms with E-state index in [0.29, 0.717) is 6.54 Å². The molecule has 0 bridgehead atoms. The second kappa shape index (κ2) is 10.1. The van der Waals surface area contributed by atoms with E-state index in [2.05, 4.69) is 16.9 Å². The SMILES string of the molecule is CCCc1ncc(-c2ccncc2C)c([C@@H]2CCCN2C(=O)COc2c(C)cccc2C)n1. The van der Waals surface area contributed by atoms with Crippen LogP contribution in [-0.2, 0) is 11.2 Å². The van der Waals surface area contributed by atoms with Crippen LogP contribution < -0.4 is 4.74 Å². The Kier molecular flexibility index (Phi) is 7.02. The Morgan fingerprint density at radius 3 is 2.61 bits per heavy atom. The average molecular weight is 445 g/mol. The van der Waals surface area contributed by atoms with Crippen LogP contribution >= 0.6 is 0 Å². The fourth-order valence-corrected chi connectivity index (χ4v) is 4.61. The number of likely N-dealkylation sites (tertiary alicyclic amines) is 1. The zero-order chi connectivity index (χ0) is 23.4. The number of nitrogens with zero attached hydrogens (tertiary/aromatic N) is 4. The van der Waals surface area contributed by atoms with Crippen molar-refractivity contribution in [3.8, 4) is 16.9 Å². The van der Waals surface area contributed by atoms with Gasteiger partial charge in [0.1, 0.15) is 11.6 Å². The lowest BCUT2D eigenvalue weighted by atomic mass is 9.97. The summed E-state index contributed by atoms with van der Waals surface area (Å²) in [5.74, 6) is 1.62. The summed E-state index contributed by atoms with van der Waals surface area (Å²) in [5, 5.41) is 0. The van der Waals surface area contributed by atoms with Gasteiger partial charge in [-0.15, -0.1) is 0 Å². The summed E-state index contributed by atoms with van der Waals surface area (Å²) >= 11 is 0. The van der Waals surface area contributed by atoms with Crippen LogP contribution in [-0.4, -0.2) is 38.9 Å². The van der Waals surface area contributed by atoms with Crippen molar-refractivity contribution in [1.29, 1.82) is 0 Å². The number of aromatic nitrogens is 3. The van der Waals surface area contributed by atoms with Gasteiger partial charge in [0.15, 0.2) is 6.61 Å². The molecule has 1 aliphatic heterocycles. The molecule has 1 aliphatic rings. The lowest BCUT2D eigenvalue weighted by Crippen LogP contribution is -2.35. The molecule has 4 rings (SSSR count). The van der Waals surface area contributed by atoms with E-state index in [4.69, 9.17) is 9.72 Å². The molecule has 0 radical (unpaired) electrons. The van der Waals surface area contributed by atoms with Crippen molar-refractivity contribution in [2.24, 2.45) is 0 Å². The lowest BCUT2D eigenvalue weighted by Gasteiger charge is -2.27. The lowest BCUT2D eigenvalue weighted by molar-refractivity contribution is -0.134. The minimum atomic E-state index is -0.0831. The third-order valence-corrected chi connectivity index (χ3v) is 6.29. The molecule has 172 valence electrons. The van der Waals surface area contributed by atoms with Crippen molar-refractivity contribution >= 4 is 5.91 Å². The highest BCUT2D eigenvalue weighted by atomic mass is 16.5. The van der Waals surface area contributed by atoms with Gasteiger partial charge in [0.25, 0.3) is 5.91 Å². The Labute approximate surface area is 196 Å². The molecule has 1 fully saturated rings. The topological polar surface area (TPSA) is 68.2 Å². The normalized spacial score (nSPS) is 15.6. The van der Waals surface area contributed by atoms with E-state index >= 15 is 0 Å². The van der Waals surface area contributed by atoms with E-state index in [1.54, 1.807) is 6.20 Å². The van der Waals surface area contributed by atoms with Crippen LogP contribution in [0.4, 0.5) is 0 Å². The van der Waals surface area contributed by atoms with Crippen molar-refractivity contribution in [3.63, 3.8) is 0 Å². The van der Waals surface area contributed by atoms with E-state index in [0.717, 1.165) is 70.8 Å². The van der Waals surface area contributed by atoms with Gasteiger partial charge in [0.05, 0.1) is 11.7 Å². The first kappa shape index (κ1) is 22.9. The smallest absolute Gasteiger partial charge is 0.261 e. The molecule has 0 N–H and O–H groups in total. The maximum atomic E-state index is 13.3. The van der Waals surface area contributed by atoms with Gasteiger partial charge < -0.3 is 9.64 Å². The van der Waals surface area contributed by atoms with Gasteiger partial charge in [-0.2, -0.15) is 0 Å². The zero-order valence-electron chi connectivity index (χ0n) is 20.0. The first-order valence-corrected chi connectivity index (χ1v) is 11.7. The van der Waals surface area contributed by atoms with Gasteiger partial charge >= 0.3 is 0 Å². The maximum Gasteiger partial charge on any atom is 0.261 e. The van der Waals surface area contributed by atoms with Gasteiger partial charge in [-0.1, -0.05) is 25.1 Å². The summed E-state index contributed by atoms with van der Waals surface area (Å²) in [5.41, 5.74) is 6.12. The van der Waals surface area contributed by atoms with Crippen LogP contribution in [0.5, 0.6) is 5.75 Å². The van der Waals surface area contributed by atoms with Crippen molar-refractivity contribution in [2.75, 3.05) is 13.2 Å². The Balaban J connectivity index is 1.63. The Morgan fingerprint density at radius 1 is 1.09 bits per heavy atom. The summed E-state index contributed by atoms with van der Waals surface area (Å²) in [7, 11) is 0. The molecule has 0 spiro atoms. The average Bonchev–Trinajstić information content (AvgIpc) is 3.29. The fourth-order valence-electron chi connectivity index (χ4n) is 4.61. The molecule has 0 unspecified atom stereocenters. The highest BCUT2D eigenvalue weighted by Crippen LogP contribution is 2.37. The first-order chi connectivity index (χ1) is 16.0. The zero-order valence-corrected chi connectivity index (χ0v) is 20.0. The molecule has 6 heteroatoms. The van der Waals surface area contributed by atoms with Gasteiger partial charge in [-0.3, -0.25) is 9.78 Å². The molecule has 2 aromatic heterocycles. The van der Waals surface area contributed by atoms with E-state index < -0.39 is 0 Å². The van der Waals surface area contributed by atoms with Crippen molar-refractivity contribution in [3.05, 3.63) is 71.1 Å². The number of para-hydroxylation sites is 1. The second-order valence-electron chi connectivity index (χ2n) is 8.78. The van der Waals surface area contributed by atoms with Crippen LogP contribution in [0.25, 0.3) is 11.1 Å². The van der Waals surface area contributed by atoms with E-state index in [9.17, 15) is 4.79 Å². The molecule has 6 nitrogen and oxygen atoms in total. The third-order valence-electron chi connectivity index (χ3n) is 6.29. The van der Waals surface area contributed by atoms with Crippen LogP contribution in [0, 0.1) is 20.8 Å². The first-order valence-electron chi connectivity index (χ1n) is 11.7. The number of amides is 1. The predicted octanol–water partition coefficient (Wildman–Crippen LogP) is 5.16. The molecule has 1 atom stereocenters. The minimum Gasteiger partial charge on any atom is -0.483 e. The van der Waals surface area contributed by atoms with Crippen LogP contribution in [0.2, 0.25) is 0 Å². The largest absolute Gasteiger partial charge is 0.483 e. The molecular weight excluding hydrogens is 412 g/mol. The number of ether oxygens (including phenoxy) is 1. The Hall–Kier alpha value is -3.28. The number of aryl methyl sites for hydroxylation is 4. The highest BCUT2D eigenvalue weighted by Gasteiger charge is 2.33. The number of hydrogen-bond acceptors (Lipinski definition) is 5. The second-order valence-corrected chi connectivity index (χ2v) is 8.78. The number of hydrogen-bond donors (Lipinski definition) is 0. The molecular formula is C27H32N4O2. The number of rotatable bonds is 7. The monoisotopic (exact) mass is 444 g/mol. The molecule has 0 saturated carbocycles. The number of carbonyl (C=O) groups excluding carboxylic acids is 1. The Bertz CT molecular complexity index is 1120. The number of pyridine rings is 1. The maximum absolute atomic E-state index is 13.3. The fraction of sp³-hybridized carbons (Fsp3) is 0.407. The third kappa shape index (κ3) is 4.90. The molecule has 3 aromatic rings. The molecule has 1 saturated heterocycles. The summed E-state index contributed by atoms with van der Waals surface area (Å²) in [6, 6.07) is 7.93. The van der Waals surface area contributed by atoms with Crippen LogP contribution in [0.1, 0.15) is 60.4 Å². The summed E-state index contributed by atoms with van der Waals surface area (Å²) < 4.78 is 5.99. The number of benzene rings is 1. The van der Waals surface area contributed by atoms with E-state index in [1.165, 1.54) is 0 Å². The molecule has 0 aliphatic carbocycles. The molecule has 1 amide bonds. The van der Waals surface area contributed by atoms with Crippen molar-refractivity contribution < 1.29 is 9.53 Å². The summed E-state index contributed by atoms with van der Waals surface area (Å²) in [6.45, 7) is 8.92. The van der Waals surface area contributed by atoms with E-state index in [-0.39, 0.29) is 18.6 Å². The Morgan fingerprint density at radius 2 is 1.88 bits per heavy atom. The van der Waals surface area contributed by atoms with Crippen LogP contribution in [0.3, 0.4) is 0 Å². The van der Waals surface area contributed by atoms with Gasteiger partial charge in [-0.25, -0.2) is 9.97 Å². The van der Waals surface area contributed by atoms with Gasteiger partial charge in [0.2, 0.25) is 0 Å². The molecule has 3 heterocycles. The quantitative estimate of drug-likeness (QED) is 0.504. The van der Waals surface area contributed by atoms with Crippen LogP contribution in [0.15, 0.2) is 42.9 Å². The minimum absolute atomic E-state index is 0.00629. The van der Waals surface area contributed by atoms with Crippen molar-refractivity contribution in [1.82, 2.24) is 19.9 Å². The summed E-state index contributed by atoms with van der Waals surface area (Å²) in [4.78, 5) is 29.1. The molecule has 33 heavy (non-hydrogen) atoms. The number of carbonyl (C=O) groups is 1. The van der Waals surface area contributed by atoms with Crippen molar-refractivity contribution in [2.45, 2.75) is 59.4 Å². The summed E-state index contributed by atoms with van der Waals surface area (Å²) in [6.07, 6.45) is 9.19. The standard InChI is InChI=1S/C27H32N4O2/c1-5-8-24-29-16-22(21-12-13-28-15-20(21)4)26(30-24)23-11-7-14-31(23)25(32)17-33-27-18(2)9-6-10-19(27)3/h6,9-10,12-13,15-16,23H,5,7-8,11,14,17H2,1-4H3/t23-/m0/s1. The molecule has 1 aromatic carbocycles. The van der Waals surface area contributed by atoms with Gasteiger partial charge in [-0.05, 0) is 68.4 Å². The predicted molar refractivity (Wildman–Crippen MR) is 129 cm³/mol. The van der Waals surface area contributed by atoms with E-state index in [1.807, 2.05) is 62.3 Å². The highest BCUT2D eigenvalue weighted by molar-refractivity contribution is 5.79. The van der Waals surface area contributed by atoms with Gasteiger partial charge in [0, 0.05) is 37.1 Å².